The summed E-state index contributed by atoms with van der Waals surface area (Å²) in [5, 5.41) is 9.38. The molecule has 0 saturated heterocycles. The highest BCUT2D eigenvalue weighted by Gasteiger charge is 2.29. The maximum atomic E-state index is 12.5. The summed E-state index contributed by atoms with van der Waals surface area (Å²) in [6, 6.07) is 3.18. The maximum absolute atomic E-state index is 12.5. The van der Waals surface area contributed by atoms with Crippen molar-refractivity contribution in [2.24, 2.45) is 0 Å². The summed E-state index contributed by atoms with van der Waals surface area (Å²) >= 11 is 0. The third-order valence-corrected chi connectivity index (χ3v) is 3.51. The number of carbonyl (C=O) groups excluding carboxylic acids is 1. The SMILES string of the molecule is COc1cc(C(=O)N(C)C(C)(C)CO)cc(OC)c1OC. The average molecular weight is 297 g/mol. The van der Waals surface area contributed by atoms with E-state index in [0.717, 1.165) is 0 Å². The fraction of sp³-hybridized carbons (Fsp3) is 0.533. The van der Waals surface area contributed by atoms with Crippen molar-refractivity contribution >= 4 is 5.91 Å². The van der Waals surface area contributed by atoms with Crippen molar-refractivity contribution in [3.63, 3.8) is 0 Å². The Balaban J connectivity index is 3.28. The minimum Gasteiger partial charge on any atom is -0.493 e. The smallest absolute Gasteiger partial charge is 0.254 e. The van der Waals surface area contributed by atoms with Gasteiger partial charge in [-0.05, 0) is 26.0 Å². The van der Waals surface area contributed by atoms with E-state index in [1.807, 2.05) is 0 Å². The summed E-state index contributed by atoms with van der Waals surface area (Å²) < 4.78 is 15.7. The second-order valence-corrected chi connectivity index (χ2v) is 5.25. The molecule has 6 nitrogen and oxygen atoms in total. The van der Waals surface area contributed by atoms with E-state index in [1.54, 1.807) is 33.0 Å². The molecule has 118 valence electrons. The third kappa shape index (κ3) is 3.39. The molecule has 0 aliphatic rings. The Labute approximate surface area is 125 Å². The lowest BCUT2D eigenvalue weighted by molar-refractivity contribution is 0.0472. The van der Waals surface area contributed by atoms with E-state index in [2.05, 4.69) is 0 Å². The van der Waals surface area contributed by atoms with Crippen molar-refractivity contribution < 1.29 is 24.1 Å². The number of aliphatic hydroxyl groups is 1. The molecular formula is C15H23NO5. The van der Waals surface area contributed by atoms with Gasteiger partial charge in [-0.15, -0.1) is 0 Å². The van der Waals surface area contributed by atoms with Crippen molar-refractivity contribution in [1.82, 2.24) is 4.90 Å². The van der Waals surface area contributed by atoms with Gasteiger partial charge in [0.1, 0.15) is 0 Å². The Bertz CT molecular complexity index is 488. The molecule has 21 heavy (non-hydrogen) atoms. The van der Waals surface area contributed by atoms with Crippen LogP contribution >= 0.6 is 0 Å². The zero-order valence-electron chi connectivity index (χ0n) is 13.4. The van der Waals surface area contributed by atoms with Crippen molar-refractivity contribution in [2.75, 3.05) is 35.0 Å². The van der Waals surface area contributed by atoms with Crippen molar-refractivity contribution in [3.05, 3.63) is 17.7 Å². The average Bonchev–Trinajstić information content (AvgIpc) is 2.51. The number of hydrogen-bond acceptors (Lipinski definition) is 5. The maximum Gasteiger partial charge on any atom is 0.254 e. The Hall–Kier alpha value is -1.95. The van der Waals surface area contributed by atoms with Crippen LogP contribution in [0.5, 0.6) is 17.2 Å². The van der Waals surface area contributed by atoms with Gasteiger partial charge in [0.15, 0.2) is 11.5 Å². The molecule has 0 unspecified atom stereocenters. The molecule has 0 atom stereocenters. The zero-order valence-corrected chi connectivity index (χ0v) is 13.4. The van der Waals surface area contributed by atoms with Gasteiger partial charge in [0.25, 0.3) is 5.91 Å². The molecule has 0 bridgehead atoms. The van der Waals surface area contributed by atoms with Crippen molar-refractivity contribution in [2.45, 2.75) is 19.4 Å². The van der Waals surface area contributed by atoms with E-state index in [1.165, 1.54) is 26.2 Å². The first-order valence-corrected chi connectivity index (χ1v) is 6.51. The fourth-order valence-corrected chi connectivity index (χ4v) is 1.78. The summed E-state index contributed by atoms with van der Waals surface area (Å²) in [7, 11) is 6.13. The van der Waals surface area contributed by atoms with Crippen molar-refractivity contribution in [3.8, 4) is 17.2 Å². The minimum atomic E-state index is -0.669. The topological polar surface area (TPSA) is 68.2 Å². The molecular weight excluding hydrogens is 274 g/mol. The molecule has 1 rings (SSSR count). The van der Waals surface area contributed by atoms with Gasteiger partial charge in [-0.1, -0.05) is 0 Å². The van der Waals surface area contributed by atoms with Crippen LogP contribution in [0.1, 0.15) is 24.2 Å². The van der Waals surface area contributed by atoms with E-state index in [4.69, 9.17) is 14.2 Å². The van der Waals surface area contributed by atoms with Crippen LogP contribution in [0.4, 0.5) is 0 Å². The van der Waals surface area contributed by atoms with Gasteiger partial charge >= 0.3 is 0 Å². The zero-order chi connectivity index (χ0) is 16.2. The van der Waals surface area contributed by atoms with Crippen LogP contribution in [0.25, 0.3) is 0 Å². The summed E-state index contributed by atoms with van der Waals surface area (Å²) in [5.41, 5.74) is -0.272. The lowest BCUT2D eigenvalue weighted by Gasteiger charge is -2.34. The van der Waals surface area contributed by atoms with E-state index in [9.17, 15) is 9.90 Å². The van der Waals surface area contributed by atoms with Crippen LogP contribution in [-0.2, 0) is 0 Å². The van der Waals surface area contributed by atoms with Gasteiger partial charge in [-0.3, -0.25) is 4.79 Å². The van der Waals surface area contributed by atoms with Crippen LogP contribution in [0, 0.1) is 0 Å². The van der Waals surface area contributed by atoms with Crippen molar-refractivity contribution in [1.29, 1.82) is 0 Å². The van der Waals surface area contributed by atoms with Gasteiger partial charge in [0.05, 0.1) is 33.5 Å². The molecule has 0 aromatic heterocycles. The Morgan fingerprint density at radius 1 is 1.14 bits per heavy atom. The van der Waals surface area contributed by atoms with Gasteiger partial charge in [0, 0.05) is 12.6 Å². The first-order valence-electron chi connectivity index (χ1n) is 6.51. The quantitative estimate of drug-likeness (QED) is 0.863. The highest BCUT2D eigenvalue weighted by atomic mass is 16.5. The molecule has 0 aliphatic heterocycles. The summed E-state index contributed by atoms with van der Waals surface area (Å²) in [5.74, 6) is 1.01. The van der Waals surface area contributed by atoms with Crippen LogP contribution in [0.2, 0.25) is 0 Å². The van der Waals surface area contributed by atoms with Crippen LogP contribution in [-0.4, -0.2) is 56.4 Å². The highest BCUT2D eigenvalue weighted by molar-refractivity contribution is 5.96. The van der Waals surface area contributed by atoms with Gasteiger partial charge in [-0.25, -0.2) is 0 Å². The molecule has 0 radical (unpaired) electrons. The lowest BCUT2D eigenvalue weighted by atomic mass is 10.0. The molecule has 0 saturated carbocycles. The largest absolute Gasteiger partial charge is 0.493 e. The number of rotatable bonds is 6. The minimum absolute atomic E-state index is 0.139. The summed E-state index contributed by atoms with van der Waals surface area (Å²) in [6.07, 6.45) is 0. The molecule has 1 amide bonds. The fourth-order valence-electron chi connectivity index (χ4n) is 1.78. The van der Waals surface area contributed by atoms with Gasteiger partial charge in [0.2, 0.25) is 5.75 Å². The molecule has 1 aromatic carbocycles. The number of amides is 1. The molecule has 0 heterocycles. The number of carbonyl (C=O) groups is 1. The van der Waals surface area contributed by atoms with E-state index < -0.39 is 5.54 Å². The predicted octanol–water partition coefficient (Wildman–Crippen LogP) is 1.56. The molecule has 0 aliphatic carbocycles. The molecule has 0 fully saturated rings. The molecule has 1 aromatic rings. The first-order chi connectivity index (χ1) is 9.82. The predicted molar refractivity (Wildman–Crippen MR) is 79.4 cm³/mol. The summed E-state index contributed by atoms with van der Waals surface area (Å²) in [4.78, 5) is 14.0. The van der Waals surface area contributed by atoms with Crippen LogP contribution in [0.15, 0.2) is 12.1 Å². The van der Waals surface area contributed by atoms with Gasteiger partial charge in [-0.2, -0.15) is 0 Å². The Kier molecular flexibility index (Phi) is 5.43. The molecule has 1 N–H and O–H groups in total. The van der Waals surface area contributed by atoms with Crippen LogP contribution < -0.4 is 14.2 Å². The number of ether oxygens (including phenoxy) is 3. The van der Waals surface area contributed by atoms with E-state index in [-0.39, 0.29) is 12.5 Å². The Morgan fingerprint density at radius 3 is 1.95 bits per heavy atom. The first kappa shape index (κ1) is 17.1. The standard InChI is InChI=1S/C15H23NO5/c1-15(2,9-17)16(3)14(18)10-7-11(19-4)13(21-6)12(8-10)20-5/h7-8,17H,9H2,1-6H3. The number of nitrogens with zero attached hydrogens (tertiary/aromatic N) is 1. The second-order valence-electron chi connectivity index (χ2n) is 5.25. The normalized spacial score (nSPS) is 11.0. The van der Waals surface area contributed by atoms with E-state index in [0.29, 0.717) is 22.8 Å². The number of likely N-dealkylation sites (N-methyl/N-ethyl adjacent to an activating group) is 1. The van der Waals surface area contributed by atoms with Gasteiger partial charge < -0.3 is 24.2 Å². The summed E-state index contributed by atoms with van der Waals surface area (Å²) in [6.45, 7) is 3.42. The second kappa shape index (κ2) is 6.67. The number of benzene rings is 1. The molecule has 6 heteroatoms. The number of hydrogen-bond donors (Lipinski definition) is 1. The van der Waals surface area contributed by atoms with Crippen LogP contribution in [0.3, 0.4) is 0 Å². The third-order valence-electron chi connectivity index (χ3n) is 3.51. The van der Waals surface area contributed by atoms with E-state index >= 15 is 0 Å². The number of methoxy groups -OCH3 is 3. The highest BCUT2D eigenvalue weighted by Crippen LogP contribution is 2.38. The molecule has 0 spiro atoms. The Morgan fingerprint density at radius 2 is 1.62 bits per heavy atom. The monoisotopic (exact) mass is 297 g/mol. The number of aliphatic hydroxyl groups excluding tert-OH is 1. The lowest BCUT2D eigenvalue weighted by Crippen LogP contribution is -2.47.